The molecule has 0 atom stereocenters. The summed E-state index contributed by atoms with van der Waals surface area (Å²) >= 11 is 5.87. The van der Waals surface area contributed by atoms with Crippen LogP contribution in [0.25, 0.3) is 0 Å². The standard InChI is InChI=1S/C13H13ClN2O/c1-13(2,9-16)6-7-17-12-5-3-4-11(14)10(12)8-15/h3-5H,6-7H2,1-2H3. The number of nitrogens with zero attached hydrogens (tertiary/aromatic N) is 2. The molecule has 0 aromatic heterocycles. The summed E-state index contributed by atoms with van der Waals surface area (Å²) in [6, 6.07) is 9.27. The summed E-state index contributed by atoms with van der Waals surface area (Å²) in [5, 5.41) is 18.2. The Hall–Kier alpha value is -1.71. The zero-order valence-electron chi connectivity index (χ0n) is 9.83. The SMILES string of the molecule is CC(C)(C#N)CCOc1cccc(Cl)c1C#N. The average molecular weight is 249 g/mol. The first-order valence-electron chi connectivity index (χ1n) is 5.23. The van der Waals surface area contributed by atoms with Crippen molar-refractivity contribution in [2.45, 2.75) is 20.3 Å². The molecule has 0 saturated heterocycles. The highest BCUT2D eigenvalue weighted by Crippen LogP contribution is 2.26. The Morgan fingerprint density at radius 1 is 1.35 bits per heavy atom. The predicted molar refractivity (Wildman–Crippen MR) is 65.7 cm³/mol. The number of rotatable bonds is 4. The lowest BCUT2D eigenvalue weighted by Gasteiger charge is -2.15. The van der Waals surface area contributed by atoms with Crippen molar-refractivity contribution in [3.05, 3.63) is 28.8 Å². The number of hydrogen-bond acceptors (Lipinski definition) is 3. The van der Waals surface area contributed by atoms with Crippen LogP contribution in [0.15, 0.2) is 18.2 Å². The highest BCUT2D eigenvalue weighted by molar-refractivity contribution is 6.31. The smallest absolute Gasteiger partial charge is 0.138 e. The van der Waals surface area contributed by atoms with Crippen LogP contribution in [0.5, 0.6) is 5.75 Å². The fourth-order valence-corrected chi connectivity index (χ4v) is 1.41. The lowest BCUT2D eigenvalue weighted by atomic mass is 9.92. The summed E-state index contributed by atoms with van der Waals surface area (Å²) in [5.74, 6) is 0.466. The molecule has 0 fully saturated rings. The maximum Gasteiger partial charge on any atom is 0.138 e. The number of nitriles is 2. The minimum atomic E-state index is -0.425. The summed E-state index contributed by atoms with van der Waals surface area (Å²) in [6.07, 6.45) is 0.598. The summed E-state index contributed by atoms with van der Waals surface area (Å²) in [6.45, 7) is 4.08. The van der Waals surface area contributed by atoms with Crippen LogP contribution < -0.4 is 4.74 Å². The topological polar surface area (TPSA) is 56.8 Å². The van der Waals surface area contributed by atoms with Gasteiger partial charge in [-0.05, 0) is 32.4 Å². The second kappa shape index (κ2) is 5.57. The highest BCUT2D eigenvalue weighted by atomic mass is 35.5. The van der Waals surface area contributed by atoms with Gasteiger partial charge in [-0.3, -0.25) is 0 Å². The average Bonchev–Trinajstić information content (AvgIpc) is 2.29. The van der Waals surface area contributed by atoms with Crippen LogP contribution in [-0.2, 0) is 0 Å². The molecule has 0 heterocycles. The third-order valence-electron chi connectivity index (χ3n) is 2.37. The summed E-state index contributed by atoms with van der Waals surface area (Å²) in [7, 11) is 0. The van der Waals surface area contributed by atoms with E-state index in [1.807, 2.05) is 19.9 Å². The molecule has 0 spiro atoms. The van der Waals surface area contributed by atoms with Gasteiger partial charge in [-0.2, -0.15) is 10.5 Å². The second-order valence-electron chi connectivity index (χ2n) is 4.32. The first kappa shape index (κ1) is 13.4. The van der Waals surface area contributed by atoms with Crippen LogP contribution in [-0.4, -0.2) is 6.61 Å². The van der Waals surface area contributed by atoms with E-state index in [1.54, 1.807) is 18.2 Å². The van der Waals surface area contributed by atoms with Gasteiger partial charge in [-0.15, -0.1) is 0 Å². The van der Waals surface area contributed by atoms with Gasteiger partial charge in [-0.1, -0.05) is 17.7 Å². The van der Waals surface area contributed by atoms with Gasteiger partial charge in [0.05, 0.1) is 23.1 Å². The van der Waals surface area contributed by atoms with Crippen LogP contribution in [0.1, 0.15) is 25.8 Å². The molecule has 0 amide bonds. The van der Waals surface area contributed by atoms with E-state index in [0.717, 1.165) is 0 Å². The monoisotopic (exact) mass is 248 g/mol. The number of halogens is 1. The zero-order valence-corrected chi connectivity index (χ0v) is 10.6. The third-order valence-corrected chi connectivity index (χ3v) is 2.69. The van der Waals surface area contributed by atoms with Crippen molar-refractivity contribution in [3.63, 3.8) is 0 Å². The molecule has 88 valence electrons. The molecular formula is C13H13ClN2O. The Bertz CT molecular complexity index is 483. The molecule has 0 aliphatic heterocycles. The van der Waals surface area contributed by atoms with E-state index in [2.05, 4.69) is 6.07 Å². The van der Waals surface area contributed by atoms with Crippen molar-refractivity contribution >= 4 is 11.6 Å². The molecule has 17 heavy (non-hydrogen) atoms. The molecular weight excluding hydrogens is 236 g/mol. The Morgan fingerprint density at radius 2 is 2.06 bits per heavy atom. The molecule has 0 N–H and O–H groups in total. The van der Waals surface area contributed by atoms with Gasteiger partial charge in [0.25, 0.3) is 0 Å². The number of benzene rings is 1. The van der Waals surface area contributed by atoms with E-state index in [1.165, 1.54) is 0 Å². The summed E-state index contributed by atoms with van der Waals surface area (Å²) in [4.78, 5) is 0. The molecule has 0 radical (unpaired) electrons. The molecule has 1 aromatic carbocycles. The van der Waals surface area contributed by atoms with E-state index >= 15 is 0 Å². The largest absolute Gasteiger partial charge is 0.492 e. The summed E-state index contributed by atoms with van der Waals surface area (Å²) in [5.41, 5.74) is -0.0882. The number of ether oxygens (including phenoxy) is 1. The molecule has 3 nitrogen and oxygen atoms in total. The third kappa shape index (κ3) is 3.66. The quantitative estimate of drug-likeness (QED) is 0.819. The van der Waals surface area contributed by atoms with Crippen LogP contribution in [0.3, 0.4) is 0 Å². The zero-order chi connectivity index (χ0) is 12.9. The maximum absolute atomic E-state index is 8.94. The second-order valence-corrected chi connectivity index (χ2v) is 4.73. The van der Waals surface area contributed by atoms with E-state index in [4.69, 9.17) is 26.9 Å². The molecule has 0 saturated carbocycles. The van der Waals surface area contributed by atoms with Crippen molar-refractivity contribution in [2.75, 3.05) is 6.61 Å². The van der Waals surface area contributed by atoms with E-state index in [-0.39, 0.29) is 0 Å². The highest BCUT2D eigenvalue weighted by Gasteiger charge is 2.17. The molecule has 1 aromatic rings. The summed E-state index contributed by atoms with van der Waals surface area (Å²) < 4.78 is 5.49. The normalized spacial score (nSPS) is 10.4. The molecule has 4 heteroatoms. The van der Waals surface area contributed by atoms with Gasteiger partial charge >= 0.3 is 0 Å². The predicted octanol–water partition coefficient (Wildman–Crippen LogP) is 3.53. The van der Waals surface area contributed by atoms with Crippen molar-refractivity contribution in [1.29, 1.82) is 10.5 Å². The Morgan fingerprint density at radius 3 is 2.65 bits per heavy atom. The van der Waals surface area contributed by atoms with E-state index in [0.29, 0.717) is 29.4 Å². The van der Waals surface area contributed by atoms with Gasteiger partial charge in [0.1, 0.15) is 17.4 Å². The van der Waals surface area contributed by atoms with E-state index < -0.39 is 5.41 Å². The minimum absolute atomic E-state index is 0.337. The molecule has 0 bridgehead atoms. The van der Waals surface area contributed by atoms with Crippen molar-refractivity contribution in [3.8, 4) is 17.9 Å². The van der Waals surface area contributed by atoms with Gasteiger partial charge in [0.2, 0.25) is 0 Å². The van der Waals surface area contributed by atoms with Crippen molar-refractivity contribution in [1.82, 2.24) is 0 Å². The minimum Gasteiger partial charge on any atom is -0.492 e. The van der Waals surface area contributed by atoms with Gasteiger partial charge in [-0.25, -0.2) is 0 Å². The fourth-order valence-electron chi connectivity index (χ4n) is 1.21. The van der Waals surface area contributed by atoms with Crippen LogP contribution in [0.2, 0.25) is 5.02 Å². The van der Waals surface area contributed by atoms with Crippen LogP contribution in [0.4, 0.5) is 0 Å². The Balaban J connectivity index is 2.69. The molecule has 1 rings (SSSR count). The maximum atomic E-state index is 8.94. The van der Waals surface area contributed by atoms with Gasteiger partial charge < -0.3 is 4.74 Å². The van der Waals surface area contributed by atoms with Crippen LogP contribution in [0, 0.1) is 28.1 Å². The molecule has 0 unspecified atom stereocenters. The van der Waals surface area contributed by atoms with Gasteiger partial charge in [0, 0.05) is 0 Å². The van der Waals surface area contributed by atoms with E-state index in [9.17, 15) is 0 Å². The molecule has 0 aliphatic rings. The molecule has 0 aliphatic carbocycles. The van der Waals surface area contributed by atoms with Crippen LogP contribution >= 0.6 is 11.6 Å². The first-order valence-corrected chi connectivity index (χ1v) is 5.60. The lowest BCUT2D eigenvalue weighted by molar-refractivity contribution is 0.264. The van der Waals surface area contributed by atoms with Gasteiger partial charge in [0.15, 0.2) is 0 Å². The lowest BCUT2D eigenvalue weighted by Crippen LogP contribution is -2.13. The Kier molecular flexibility index (Phi) is 4.37. The van der Waals surface area contributed by atoms with Crippen molar-refractivity contribution < 1.29 is 4.74 Å². The number of hydrogen-bond donors (Lipinski definition) is 0. The Labute approximate surface area is 106 Å². The fraction of sp³-hybridized carbons (Fsp3) is 0.385. The first-order chi connectivity index (χ1) is 8.00. The van der Waals surface area contributed by atoms with Crippen molar-refractivity contribution in [2.24, 2.45) is 5.41 Å².